The van der Waals surface area contributed by atoms with Gasteiger partial charge in [-0.15, -0.1) is 0 Å². The van der Waals surface area contributed by atoms with E-state index in [-0.39, 0.29) is 6.04 Å². The van der Waals surface area contributed by atoms with Crippen molar-refractivity contribution in [1.29, 1.82) is 0 Å². The van der Waals surface area contributed by atoms with E-state index in [1.807, 2.05) is 12.2 Å². The number of aliphatic carboxylic acids is 1. The van der Waals surface area contributed by atoms with E-state index in [0.29, 0.717) is 25.2 Å². The lowest BCUT2D eigenvalue weighted by molar-refractivity contribution is -0.131. The monoisotopic (exact) mass is 270 g/mol. The van der Waals surface area contributed by atoms with E-state index in [9.17, 15) is 14.4 Å². The number of carboxylic acids is 1. The van der Waals surface area contributed by atoms with Gasteiger partial charge in [0.1, 0.15) is 0 Å². The number of ether oxygens (including phenoxy) is 1. The first-order valence-electron chi connectivity index (χ1n) is 6.09. The van der Waals surface area contributed by atoms with Crippen LogP contribution in [0.25, 0.3) is 0 Å². The standard InChI is InChI=1S/C12H18N2O5/c1-8(9-4-6-19-7-5-9)13-12(18)14-10(15)2-3-11(16)17/h2-3,8-9H,4-7H2,1H3,(H,16,17)(H2,13,14,15,18)/b3-2+. The molecule has 7 nitrogen and oxygen atoms in total. The summed E-state index contributed by atoms with van der Waals surface area (Å²) in [5, 5.41) is 13.0. The molecule has 19 heavy (non-hydrogen) atoms. The number of carbonyl (C=O) groups excluding carboxylic acids is 2. The summed E-state index contributed by atoms with van der Waals surface area (Å²) in [4.78, 5) is 32.9. The third-order valence-corrected chi connectivity index (χ3v) is 2.95. The molecule has 0 saturated carbocycles. The Balaban J connectivity index is 2.33. The van der Waals surface area contributed by atoms with Gasteiger partial charge >= 0.3 is 12.0 Å². The highest BCUT2D eigenvalue weighted by molar-refractivity contribution is 6.02. The number of hydrogen-bond donors (Lipinski definition) is 3. The van der Waals surface area contributed by atoms with Crippen molar-refractivity contribution in [2.24, 2.45) is 5.92 Å². The molecule has 106 valence electrons. The first kappa shape index (κ1) is 15.2. The topological polar surface area (TPSA) is 105 Å². The van der Waals surface area contributed by atoms with Gasteiger partial charge in [0.05, 0.1) is 0 Å². The van der Waals surface area contributed by atoms with Crippen molar-refractivity contribution < 1.29 is 24.2 Å². The quantitative estimate of drug-likeness (QED) is 0.636. The van der Waals surface area contributed by atoms with Crippen LogP contribution in [0, 0.1) is 5.92 Å². The molecule has 0 aliphatic carbocycles. The summed E-state index contributed by atoms with van der Waals surface area (Å²) >= 11 is 0. The van der Waals surface area contributed by atoms with Crippen LogP contribution in [0.1, 0.15) is 19.8 Å². The summed E-state index contributed by atoms with van der Waals surface area (Å²) < 4.78 is 5.23. The molecule has 3 amide bonds. The maximum atomic E-state index is 11.5. The minimum absolute atomic E-state index is 0.0693. The van der Waals surface area contributed by atoms with Gasteiger partial charge in [-0.2, -0.15) is 0 Å². The molecule has 0 spiro atoms. The van der Waals surface area contributed by atoms with Crippen LogP contribution in [0.15, 0.2) is 12.2 Å². The molecule has 3 N–H and O–H groups in total. The first-order valence-corrected chi connectivity index (χ1v) is 6.09. The average molecular weight is 270 g/mol. The molecule has 0 aromatic carbocycles. The molecule has 0 radical (unpaired) electrons. The van der Waals surface area contributed by atoms with Gasteiger partial charge in [0.25, 0.3) is 5.91 Å². The number of carbonyl (C=O) groups is 3. The molecule has 0 bridgehead atoms. The summed E-state index contributed by atoms with van der Waals surface area (Å²) in [7, 11) is 0. The van der Waals surface area contributed by atoms with Crippen molar-refractivity contribution >= 4 is 17.9 Å². The molecular weight excluding hydrogens is 252 g/mol. The molecule has 0 aromatic rings. The van der Waals surface area contributed by atoms with Crippen molar-refractivity contribution in [3.63, 3.8) is 0 Å². The fourth-order valence-corrected chi connectivity index (χ4v) is 1.88. The van der Waals surface area contributed by atoms with Gasteiger partial charge in [-0.05, 0) is 25.7 Å². The molecule has 1 aliphatic heterocycles. The number of carboxylic acid groups (broad SMARTS) is 1. The van der Waals surface area contributed by atoms with Gasteiger partial charge < -0.3 is 15.2 Å². The van der Waals surface area contributed by atoms with Gasteiger partial charge in [-0.25, -0.2) is 9.59 Å². The average Bonchev–Trinajstić information content (AvgIpc) is 2.37. The Bertz CT molecular complexity index is 374. The zero-order valence-electron chi connectivity index (χ0n) is 10.7. The van der Waals surface area contributed by atoms with E-state index in [1.54, 1.807) is 0 Å². The molecule has 1 fully saturated rings. The molecule has 7 heteroatoms. The fraction of sp³-hybridized carbons (Fsp3) is 0.583. The van der Waals surface area contributed by atoms with Crippen molar-refractivity contribution in [3.8, 4) is 0 Å². The molecule has 1 saturated heterocycles. The minimum Gasteiger partial charge on any atom is -0.478 e. The molecule has 0 aromatic heterocycles. The molecule has 1 heterocycles. The fourth-order valence-electron chi connectivity index (χ4n) is 1.88. The molecule has 1 unspecified atom stereocenters. The molecular formula is C12H18N2O5. The second-order valence-corrected chi connectivity index (χ2v) is 4.37. The first-order chi connectivity index (χ1) is 8.99. The van der Waals surface area contributed by atoms with Gasteiger partial charge in [0.2, 0.25) is 0 Å². The maximum absolute atomic E-state index is 11.5. The van der Waals surface area contributed by atoms with Crippen LogP contribution in [-0.2, 0) is 14.3 Å². The smallest absolute Gasteiger partial charge is 0.328 e. The van der Waals surface area contributed by atoms with E-state index in [2.05, 4.69) is 5.32 Å². The summed E-state index contributed by atoms with van der Waals surface area (Å²) in [6.45, 7) is 3.23. The Kier molecular flexibility index (Phi) is 6.01. The van der Waals surface area contributed by atoms with Crippen LogP contribution in [0.4, 0.5) is 4.79 Å². The van der Waals surface area contributed by atoms with Gasteiger partial charge in [-0.1, -0.05) is 0 Å². The summed E-state index contributed by atoms with van der Waals surface area (Å²) in [5.41, 5.74) is 0. The van der Waals surface area contributed by atoms with Crippen molar-refractivity contribution in [2.45, 2.75) is 25.8 Å². The lowest BCUT2D eigenvalue weighted by atomic mass is 9.93. The molecule has 1 rings (SSSR count). The second-order valence-electron chi connectivity index (χ2n) is 4.37. The molecule has 1 aliphatic rings. The largest absolute Gasteiger partial charge is 0.478 e. The van der Waals surface area contributed by atoms with Crippen LogP contribution >= 0.6 is 0 Å². The lowest BCUT2D eigenvalue weighted by Gasteiger charge is -2.28. The number of imide groups is 1. The number of nitrogens with one attached hydrogen (secondary N) is 2. The zero-order valence-corrected chi connectivity index (χ0v) is 10.7. The predicted molar refractivity (Wildman–Crippen MR) is 66.5 cm³/mol. The van der Waals surface area contributed by atoms with E-state index < -0.39 is 17.9 Å². The normalized spacial score (nSPS) is 17.9. The van der Waals surface area contributed by atoms with E-state index in [0.717, 1.165) is 18.9 Å². The Labute approximate surface area is 111 Å². The van der Waals surface area contributed by atoms with Crippen molar-refractivity contribution in [3.05, 3.63) is 12.2 Å². The second kappa shape index (κ2) is 7.52. The highest BCUT2D eigenvalue weighted by Crippen LogP contribution is 2.18. The number of amides is 3. The van der Waals surface area contributed by atoms with E-state index in [4.69, 9.17) is 9.84 Å². The van der Waals surface area contributed by atoms with Gasteiger partial charge in [0.15, 0.2) is 0 Å². The van der Waals surface area contributed by atoms with Gasteiger partial charge in [0, 0.05) is 31.4 Å². The Morgan fingerprint density at radius 1 is 1.26 bits per heavy atom. The van der Waals surface area contributed by atoms with Gasteiger partial charge in [-0.3, -0.25) is 10.1 Å². The lowest BCUT2D eigenvalue weighted by Crippen LogP contribution is -2.46. The van der Waals surface area contributed by atoms with Crippen LogP contribution < -0.4 is 10.6 Å². The predicted octanol–water partition coefficient (Wildman–Crippen LogP) is 0.268. The third-order valence-electron chi connectivity index (χ3n) is 2.95. The summed E-state index contributed by atoms with van der Waals surface area (Å²) in [6, 6.07) is -0.695. The van der Waals surface area contributed by atoms with Crippen LogP contribution in [0.5, 0.6) is 0 Å². The van der Waals surface area contributed by atoms with Crippen molar-refractivity contribution in [2.75, 3.05) is 13.2 Å². The Morgan fingerprint density at radius 2 is 1.89 bits per heavy atom. The van der Waals surface area contributed by atoms with Crippen LogP contribution in [0.2, 0.25) is 0 Å². The highest BCUT2D eigenvalue weighted by Gasteiger charge is 2.22. The third kappa shape index (κ3) is 6.01. The Morgan fingerprint density at radius 3 is 2.47 bits per heavy atom. The number of rotatable bonds is 4. The highest BCUT2D eigenvalue weighted by atomic mass is 16.5. The van der Waals surface area contributed by atoms with E-state index >= 15 is 0 Å². The zero-order chi connectivity index (χ0) is 14.3. The summed E-state index contributed by atoms with van der Waals surface area (Å²) in [5.74, 6) is -1.69. The van der Waals surface area contributed by atoms with E-state index in [1.165, 1.54) is 0 Å². The SMILES string of the molecule is CC(NC(=O)NC(=O)/C=C/C(=O)O)C1CCOCC1. The van der Waals surface area contributed by atoms with Crippen LogP contribution in [-0.4, -0.2) is 42.3 Å². The maximum Gasteiger partial charge on any atom is 0.328 e. The Hall–Kier alpha value is -1.89. The molecule has 1 atom stereocenters. The van der Waals surface area contributed by atoms with Crippen molar-refractivity contribution in [1.82, 2.24) is 10.6 Å². The number of hydrogen-bond acceptors (Lipinski definition) is 4. The number of urea groups is 1. The minimum atomic E-state index is -1.24. The summed E-state index contributed by atoms with van der Waals surface area (Å²) in [6.07, 6.45) is 3.20. The van der Waals surface area contributed by atoms with Crippen LogP contribution in [0.3, 0.4) is 0 Å².